The molecular weight excluding hydrogens is 308 g/mol. The second-order valence-electron chi connectivity index (χ2n) is 4.58. The number of nitrogens with one attached hydrogen (secondary N) is 2. The highest BCUT2D eigenvalue weighted by Crippen LogP contribution is 2.02. The third-order valence-corrected chi connectivity index (χ3v) is 2.55. The van der Waals surface area contributed by atoms with Crippen LogP contribution in [0.25, 0.3) is 0 Å². The van der Waals surface area contributed by atoms with Gasteiger partial charge in [-0.2, -0.15) is 0 Å². The summed E-state index contributed by atoms with van der Waals surface area (Å²) in [5.41, 5.74) is -0.184. The molecule has 0 bridgehead atoms. The first-order valence-electron chi connectivity index (χ1n) is 6.40. The Morgan fingerprint density at radius 2 is 1.26 bits per heavy atom. The van der Waals surface area contributed by atoms with E-state index in [0.717, 1.165) is 0 Å². The average molecular weight is 320 g/mol. The first-order chi connectivity index (χ1) is 10.8. The summed E-state index contributed by atoms with van der Waals surface area (Å²) >= 11 is 0. The number of nitrogens with zero attached hydrogens (tertiary/aromatic N) is 2. The molecule has 0 fully saturated rings. The van der Waals surface area contributed by atoms with Crippen molar-refractivity contribution in [3.05, 3.63) is 35.0 Å². The third-order valence-electron chi connectivity index (χ3n) is 2.55. The zero-order valence-electron chi connectivity index (χ0n) is 12.2. The maximum atomic E-state index is 11.6. The van der Waals surface area contributed by atoms with E-state index >= 15 is 0 Å². The van der Waals surface area contributed by atoms with Crippen LogP contribution in [0.2, 0.25) is 0 Å². The predicted octanol–water partition coefficient (Wildman–Crippen LogP) is -0.117. The van der Waals surface area contributed by atoms with Crippen LogP contribution in [-0.2, 0) is 9.59 Å². The van der Waals surface area contributed by atoms with Crippen LogP contribution >= 0.6 is 0 Å². The van der Waals surface area contributed by atoms with Gasteiger partial charge in [-0.1, -0.05) is 10.3 Å². The Labute approximate surface area is 129 Å². The topological polar surface area (TPSA) is 144 Å². The highest BCUT2D eigenvalue weighted by atomic mass is 16.5. The van der Waals surface area contributed by atoms with Crippen molar-refractivity contribution in [1.82, 2.24) is 20.9 Å². The summed E-state index contributed by atoms with van der Waals surface area (Å²) in [6, 6.07) is 2.66. The van der Waals surface area contributed by atoms with Gasteiger partial charge in [0, 0.05) is 12.1 Å². The van der Waals surface area contributed by atoms with Crippen LogP contribution < -0.4 is 10.6 Å². The molecule has 0 atom stereocenters. The van der Waals surface area contributed by atoms with Gasteiger partial charge >= 0.3 is 0 Å². The fraction of sp³-hybridized carbons (Fsp3) is 0.231. The van der Waals surface area contributed by atoms with Gasteiger partial charge in [-0.3, -0.25) is 29.8 Å². The molecule has 10 heteroatoms. The summed E-state index contributed by atoms with van der Waals surface area (Å²) in [6.07, 6.45) is -0.717. The first-order valence-corrected chi connectivity index (χ1v) is 6.40. The molecular formula is C13H12N4O6. The Balaban J connectivity index is 1.84. The lowest BCUT2D eigenvalue weighted by Crippen LogP contribution is -2.37. The van der Waals surface area contributed by atoms with Crippen molar-refractivity contribution >= 4 is 23.6 Å². The van der Waals surface area contributed by atoms with Crippen molar-refractivity contribution in [2.24, 2.45) is 0 Å². The van der Waals surface area contributed by atoms with Crippen molar-refractivity contribution in [3.63, 3.8) is 0 Å². The van der Waals surface area contributed by atoms with Gasteiger partial charge < -0.3 is 9.05 Å². The summed E-state index contributed by atoms with van der Waals surface area (Å²) in [7, 11) is 0. The fourth-order valence-corrected chi connectivity index (χ4v) is 1.56. The molecule has 0 saturated heterocycles. The molecule has 0 unspecified atom stereocenters. The smallest absolute Gasteiger partial charge is 0.280 e. The average Bonchev–Trinajstić information content (AvgIpc) is 3.07. The number of amides is 4. The lowest BCUT2D eigenvalue weighted by molar-refractivity contribution is -0.128. The number of hydrogen-bond acceptors (Lipinski definition) is 8. The number of imide groups is 2. The molecule has 2 rings (SSSR count). The van der Waals surface area contributed by atoms with E-state index in [1.165, 1.54) is 12.1 Å². The maximum absolute atomic E-state index is 11.6. The highest BCUT2D eigenvalue weighted by molar-refractivity contribution is 6.12. The summed E-state index contributed by atoms with van der Waals surface area (Å²) in [6.45, 7) is 3.16. The lowest BCUT2D eigenvalue weighted by atomic mass is 10.3. The van der Waals surface area contributed by atoms with E-state index in [9.17, 15) is 19.2 Å². The Morgan fingerprint density at radius 3 is 1.57 bits per heavy atom. The molecule has 23 heavy (non-hydrogen) atoms. The van der Waals surface area contributed by atoms with Crippen molar-refractivity contribution in [2.45, 2.75) is 20.3 Å². The van der Waals surface area contributed by atoms with Crippen LogP contribution in [0, 0.1) is 13.8 Å². The standard InChI is InChI=1S/C13H12N4O6/c1-6-3-8(16-22-6)12(20)14-10(18)5-11(19)15-13(21)9-4-7(2)23-17-9/h3-4H,5H2,1-2H3,(H,14,18,20)(H,15,19,21). The summed E-state index contributed by atoms with van der Waals surface area (Å²) in [4.78, 5) is 46.4. The first kappa shape index (κ1) is 16.1. The Morgan fingerprint density at radius 1 is 0.870 bits per heavy atom. The second kappa shape index (κ2) is 6.64. The zero-order valence-corrected chi connectivity index (χ0v) is 12.2. The molecule has 0 spiro atoms. The van der Waals surface area contributed by atoms with E-state index in [4.69, 9.17) is 0 Å². The maximum Gasteiger partial charge on any atom is 0.280 e. The Hall–Kier alpha value is -3.30. The lowest BCUT2D eigenvalue weighted by Gasteiger charge is -2.02. The molecule has 120 valence electrons. The predicted molar refractivity (Wildman–Crippen MR) is 72.0 cm³/mol. The fourth-order valence-electron chi connectivity index (χ4n) is 1.56. The van der Waals surface area contributed by atoms with Crippen molar-refractivity contribution in [2.75, 3.05) is 0 Å². The number of carbonyl (C=O) groups excluding carboxylic acids is 4. The van der Waals surface area contributed by atoms with Crippen LogP contribution in [0.15, 0.2) is 21.2 Å². The van der Waals surface area contributed by atoms with Gasteiger partial charge in [-0.25, -0.2) is 0 Å². The normalized spacial score (nSPS) is 10.2. The molecule has 2 aromatic rings. The highest BCUT2D eigenvalue weighted by Gasteiger charge is 2.19. The van der Waals surface area contributed by atoms with E-state index in [1.807, 2.05) is 10.6 Å². The molecule has 0 aliphatic heterocycles. The molecule has 10 nitrogen and oxygen atoms in total. The Bertz CT molecular complexity index is 711. The van der Waals surface area contributed by atoms with Crippen molar-refractivity contribution < 1.29 is 28.2 Å². The van der Waals surface area contributed by atoms with Gasteiger partial charge in [0.15, 0.2) is 11.4 Å². The largest absolute Gasteiger partial charge is 0.361 e. The van der Waals surface area contributed by atoms with Crippen LogP contribution in [-0.4, -0.2) is 33.9 Å². The molecule has 2 aromatic heterocycles. The minimum absolute atomic E-state index is 0.0922. The molecule has 0 saturated carbocycles. The van der Waals surface area contributed by atoms with E-state index < -0.39 is 30.0 Å². The van der Waals surface area contributed by atoms with Gasteiger partial charge in [0.1, 0.15) is 17.9 Å². The van der Waals surface area contributed by atoms with Gasteiger partial charge in [-0.15, -0.1) is 0 Å². The van der Waals surface area contributed by atoms with Gasteiger partial charge in [0.05, 0.1) is 0 Å². The molecule has 4 amide bonds. The molecule has 2 N–H and O–H groups in total. The van der Waals surface area contributed by atoms with Crippen LogP contribution in [0.1, 0.15) is 38.9 Å². The van der Waals surface area contributed by atoms with Crippen molar-refractivity contribution in [1.29, 1.82) is 0 Å². The van der Waals surface area contributed by atoms with E-state index in [0.29, 0.717) is 11.5 Å². The second-order valence-corrected chi connectivity index (χ2v) is 4.58. The van der Waals surface area contributed by atoms with E-state index in [1.54, 1.807) is 13.8 Å². The number of aromatic nitrogens is 2. The van der Waals surface area contributed by atoms with Crippen LogP contribution in [0.3, 0.4) is 0 Å². The SMILES string of the molecule is Cc1cc(C(=O)NC(=O)CC(=O)NC(=O)c2cc(C)on2)no1. The minimum atomic E-state index is -0.891. The number of carbonyl (C=O) groups is 4. The molecule has 0 radical (unpaired) electrons. The monoisotopic (exact) mass is 320 g/mol. The van der Waals surface area contributed by atoms with Gasteiger partial charge in [0.2, 0.25) is 11.8 Å². The molecule has 0 aliphatic rings. The van der Waals surface area contributed by atoms with E-state index in [2.05, 4.69) is 19.4 Å². The van der Waals surface area contributed by atoms with Gasteiger partial charge in [0.25, 0.3) is 11.8 Å². The molecule has 0 aliphatic carbocycles. The number of hydrogen-bond donors (Lipinski definition) is 2. The summed E-state index contributed by atoms with van der Waals surface area (Å²) in [5.74, 6) is -2.60. The zero-order chi connectivity index (χ0) is 17.0. The quantitative estimate of drug-likeness (QED) is 0.742. The summed E-state index contributed by atoms with van der Waals surface area (Å²) in [5, 5.41) is 10.8. The number of aryl methyl sites for hydroxylation is 2. The third kappa shape index (κ3) is 4.33. The number of rotatable bonds is 4. The molecule has 0 aromatic carbocycles. The summed E-state index contributed by atoms with van der Waals surface area (Å²) < 4.78 is 9.38. The van der Waals surface area contributed by atoms with Crippen LogP contribution in [0.4, 0.5) is 0 Å². The Kier molecular flexibility index (Phi) is 4.64. The molecule has 2 heterocycles. The van der Waals surface area contributed by atoms with Crippen LogP contribution in [0.5, 0.6) is 0 Å². The van der Waals surface area contributed by atoms with E-state index in [-0.39, 0.29) is 11.4 Å². The minimum Gasteiger partial charge on any atom is -0.361 e. The van der Waals surface area contributed by atoms with Gasteiger partial charge in [-0.05, 0) is 13.8 Å². The van der Waals surface area contributed by atoms with Crippen molar-refractivity contribution in [3.8, 4) is 0 Å².